The Morgan fingerprint density at radius 1 is 1.62 bits per heavy atom. The minimum absolute atomic E-state index is 0.0567. The third kappa shape index (κ3) is 2.56. The number of pyridine rings is 1. The molecular formula is C9H7FN2O. The summed E-state index contributed by atoms with van der Waals surface area (Å²) in [7, 11) is 0. The number of primary amides is 1. The highest BCUT2D eigenvalue weighted by atomic mass is 19.1. The lowest BCUT2D eigenvalue weighted by Gasteiger charge is -1.94. The van der Waals surface area contributed by atoms with Crippen LogP contribution in [-0.2, 0) is 4.79 Å². The highest BCUT2D eigenvalue weighted by Gasteiger charge is 1.99. The van der Waals surface area contributed by atoms with Crippen LogP contribution in [0.25, 0.3) is 0 Å². The normalized spacial score (nSPS) is 8.77. The van der Waals surface area contributed by atoms with Gasteiger partial charge in [0, 0.05) is 11.6 Å². The van der Waals surface area contributed by atoms with Crippen molar-refractivity contribution in [1.29, 1.82) is 0 Å². The van der Waals surface area contributed by atoms with E-state index in [1.165, 1.54) is 12.1 Å². The molecule has 2 N–H and O–H groups in total. The predicted molar refractivity (Wildman–Crippen MR) is 45.0 cm³/mol. The smallest absolute Gasteiger partial charge is 0.293 e. The zero-order chi connectivity index (χ0) is 9.84. The quantitative estimate of drug-likeness (QED) is 0.583. The topological polar surface area (TPSA) is 56.0 Å². The number of nitrogens with two attached hydrogens (primary N) is 1. The number of amides is 1. The van der Waals surface area contributed by atoms with Crippen LogP contribution in [0.1, 0.15) is 11.4 Å². The van der Waals surface area contributed by atoms with Crippen molar-refractivity contribution in [3.05, 3.63) is 29.3 Å². The number of hydrogen-bond donors (Lipinski definition) is 1. The molecule has 1 rings (SSSR count). The van der Waals surface area contributed by atoms with Crippen LogP contribution in [0, 0.1) is 24.6 Å². The number of carbonyl (C=O) groups is 1. The van der Waals surface area contributed by atoms with Crippen LogP contribution in [0.5, 0.6) is 0 Å². The molecule has 0 atom stereocenters. The number of nitrogens with zero attached hydrogens (tertiary/aromatic N) is 1. The second-order valence-electron chi connectivity index (χ2n) is 2.40. The van der Waals surface area contributed by atoms with Gasteiger partial charge in [0.2, 0.25) is 0 Å². The molecule has 0 bridgehead atoms. The molecule has 0 unspecified atom stereocenters. The van der Waals surface area contributed by atoms with Crippen LogP contribution in [0.3, 0.4) is 0 Å². The van der Waals surface area contributed by atoms with Crippen molar-refractivity contribution in [2.75, 3.05) is 0 Å². The molecule has 0 aliphatic heterocycles. The van der Waals surface area contributed by atoms with E-state index >= 15 is 0 Å². The lowest BCUT2D eigenvalue weighted by molar-refractivity contribution is -0.112. The molecule has 0 aliphatic carbocycles. The van der Waals surface area contributed by atoms with Gasteiger partial charge in [-0.2, -0.15) is 0 Å². The molecule has 0 aromatic carbocycles. The van der Waals surface area contributed by atoms with E-state index in [1.807, 2.05) is 5.92 Å². The standard InChI is InChI=1S/C9H7FN2O/c1-6-2-3-7(10)8(12-6)4-5-9(11)13/h2-3H,1H3,(H2,11,13). The maximum Gasteiger partial charge on any atom is 0.293 e. The van der Waals surface area contributed by atoms with E-state index in [-0.39, 0.29) is 5.69 Å². The lowest BCUT2D eigenvalue weighted by atomic mass is 10.3. The summed E-state index contributed by atoms with van der Waals surface area (Å²) in [5.74, 6) is 2.90. The SMILES string of the molecule is Cc1ccc(F)c(C#CC(N)=O)n1. The Morgan fingerprint density at radius 3 is 2.92 bits per heavy atom. The van der Waals surface area contributed by atoms with Gasteiger partial charge in [-0.1, -0.05) is 0 Å². The molecule has 1 aromatic rings. The van der Waals surface area contributed by atoms with Crippen LogP contribution >= 0.6 is 0 Å². The third-order valence-corrected chi connectivity index (χ3v) is 1.29. The van der Waals surface area contributed by atoms with Gasteiger partial charge < -0.3 is 5.73 Å². The van der Waals surface area contributed by atoms with Crippen LogP contribution in [0.15, 0.2) is 12.1 Å². The van der Waals surface area contributed by atoms with E-state index < -0.39 is 11.7 Å². The van der Waals surface area contributed by atoms with E-state index in [2.05, 4.69) is 10.9 Å². The number of rotatable bonds is 0. The first-order valence-electron chi connectivity index (χ1n) is 3.54. The minimum Gasteiger partial charge on any atom is -0.359 e. The summed E-state index contributed by atoms with van der Waals surface area (Å²) in [6, 6.07) is 2.76. The fraction of sp³-hybridized carbons (Fsp3) is 0.111. The summed E-state index contributed by atoms with van der Waals surface area (Å²) < 4.78 is 12.9. The fourth-order valence-electron chi connectivity index (χ4n) is 0.748. The van der Waals surface area contributed by atoms with Gasteiger partial charge in [-0.3, -0.25) is 4.79 Å². The van der Waals surface area contributed by atoms with Crippen molar-refractivity contribution in [3.8, 4) is 11.8 Å². The Morgan fingerprint density at radius 2 is 2.31 bits per heavy atom. The number of carbonyl (C=O) groups excluding carboxylic acids is 1. The second-order valence-corrected chi connectivity index (χ2v) is 2.40. The Labute approximate surface area is 74.8 Å². The summed E-state index contributed by atoms with van der Waals surface area (Å²) >= 11 is 0. The maximum absolute atomic E-state index is 12.9. The van der Waals surface area contributed by atoms with Gasteiger partial charge >= 0.3 is 0 Å². The Bertz CT molecular complexity index is 404. The molecule has 1 amide bonds. The van der Waals surface area contributed by atoms with Gasteiger partial charge in [0.25, 0.3) is 5.91 Å². The Balaban J connectivity index is 3.09. The second kappa shape index (κ2) is 3.68. The molecule has 0 spiro atoms. The molecule has 3 nitrogen and oxygen atoms in total. The van der Waals surface area contributed by atoms with Crippen LogP contribution < -0.4 is 5.73 Å². The van der Waals surface area contributed by atoms with Crippen LogP contribution in [-0.4, -0.2) is 10.9 Å². The third-order valence-electron chi connectivity index (χ3n) is 1.29. The van der Waals surface area contributed by atoms with Gasteiger partial charge in [0.1, 0.15) is 5.69 Å². The molecular weight excluding hydrogens is 171 g/mol. The molecule has 0 radical (unpaired) electrons. The zero-order valence-corrected chi connectivity index (χ0v) is 6.97. The van der Waals surface area contributed by atoms with E-state index in [4.69, 9.17) is 5.73 Å². The van der Waals surface area contributed by atoms with E-state index in [1.54, 1.807) is 6.92 Å². The van der Waals surface area contributed by atoms with Gasteiger partial charge in [-0.25, -0.2) is 9.37 Å². The summed E-state index contributed by atoms with van der Waals surface area (Å²) in [5, 5.41) is 0. The first-order valence-corrected chi connectivity index (χ1v) is 3.54. The highest BCUT2D eigenvalue weighted by Crippen LogP contribution is 2.03. The molecule has 0 fully saturated rings. The van der Waals surface area contributed by atoms with Crippen molar-refractivity contribution in [1.82, 2.24) is 4.98 Å². The average molecular weight is 178 g/mol. The number of hydrogen-bond acceptors (Lipinski definition) is 2. The molecule has 0 aliphatic rings. The highest BCUT2D eigenvalue weighted by molar-refractivity contribution is 5.92. The van der Waals surface area contributed by atoms with E-state index in [9.17, 15) is 9.18 Å². The fourth-order valence-corrected chi connectivity index (χ4v) is 0.748. The van der Waals surface area contributed by atoms with Gasteiger partial charge in [-0.15, -0.1) is 0 Å². The van der Waals surface area contributed by atoms with Crippen LogP contribution in [0.4, 0.5) is 4.39 Å². The summed E-state index contributed by atoms with van der Waals surface area (Å²) in [6.45, 7) is 1.70. The molecule has 1 aromatic heterocycles. The monoisotopic (exact) mass is 178 g/mol. The summed E-state index contributed by atoms with van der Waals surface area (Å²) in [6.07, 6.45) is 0. The van der Waals surface area contributed by atoms with Crippen molar-refractivity contribution >= 4 is 5.91 Å². The minimum atomic E-state index is -0.803. The molecule has 13 heavy (non-hydrogen) atoms. The zero-order valence-electron chi connectivity index (χ0n) is 6.97. The largest absolute Gasteiger partial charge is 0.359 e. The molecule has 0 saturated carbocycles. The number of halogens is 1. The van der Waals surface area contributed by atoms with E-state index in [0.717, 1.165) is 0 Å². The maximum atomic E-state index is 12.9. The summed E-state index contributed by atoms with van der Waals surface area (Å²) in [5.41, 5.74) is 5.34. The van der Waals surface area contributed by atoms with Gasteiger partial charge in [-0.05, 0) is 25.0 Å². The number of aryl methyl sites for hydroxylation is 1. The first kappa shape index (κ1) is 9.20. The summed E-state index contributed by atoms with van der Waals surface area (Å²) in [4.78, 5) is 14.1. The first-order chi connectivity index (χ1) is 6.09. The van der Waals surface area contributed by atoms with Crippen molar-refractivity contribution in [2.45, 2.75) is 6.92 Å². The Kier molecular flexibility index (Phi) is 2.60. The molecule has 4 heteroatoms. The number of aromatic nitrogens is 1. The van der Waals surface area contributed by atoms with Crippen molar-refractivity contribution in [2.24, 2.45) is 5.73 Å². The molecule has 0 saturated heterocycles. The lowest BCUT2D eigenvalue weighted by Crippen LogP contribution is -2.06. The van der Waals surface area contributed by atoms with Gasteiger partial charge in [0.15, 0.2) is 5.82 Å². The molecule has 1 heterocycles. The van der Waals surface area contributed by atoms with Gasteiger partial charge in [0.05, 0.1) is 0 Å². The van der Waals surface area contributed by atoms with Crippen LogP contribution in [0.2, 0.25) is 0 Å². The predicted octanol–water partition coefficient (Wildman–Crippen LogP) is 0.366. The van der Waals surface area contributed by atoms with E-state index in [0.29, 0.717) is 5.69 Å². The molecule has 66 valence electrons. The van der Waals surface area contributed by atoms with Crippen molar-refractivity contribution < 1.29 is 9.18 Å². The van der Waals surface area contributed by atoms with Crippen molar-refractivity contribution in [3.63, 3.8) is 0 Å². The average Bonchev–Trinajstić information content (AvgIpc) is 2.06. The Hall–Kier alpha value is -1.89.